The van der Waals surface area contributed by atoms with Gasteiger partial charge in [0.05, 0.1) is 11.5 Å². The van der Waals surface area contributed by atoms with Crippen molar-refractivity contribution in [1.82, 2.24) is 19.9 Å². The Balaban J connectivity index is 1.53. The summed E-state index contributed by atoms with van der Waals surface area (Å²) in [6.07, 6.45) is 1.43. The molecule has 1 aromatic heterocycles. The molecule has 2 aliphatic rings. The molecule has 3 rings (SSSR count). The highest BCUT2D eigenvalue weighted by atomic mass is 32.2. The number of nitrogens with zero attached hydrogens (tertiary/aromatic N) is 4. The molecular formula is C18H29N5O5S. The van der Waals surface area contributed by atoms with Crippen molar-refractivity contribution in [3.05, 3.63) is 5.89 Å². The second kappa shape index (κ2) is 8.29. The van der Waals surface area contributed by atoms with E-state index in [4.69, 9.17) is 4.52 Å². The van der Waals surface area contributed by atoms with E-state index < -0.39 is 9.84 Å². The van der Waals surface area contributed by atoms with Crippen LogP contribution in [0.15, 0.2) is 4.52 Å². The summed E-state index contributed by atoms with van der Waals surface area (Å²) >= 11 is 0. The summed E-state index contributed by atoms with van der Waals surface area (Å²) < 4.78 is 28.3. The van der Waals surface area contributed by atoms with Gasteiger partial charge in [-0.2, -0.15) is 4.98 Å². The lowest BCUT2D eigenvalue weighted by atomic mass is 9.97. The van der Waals surface area contributed by atoms with Gasteiger partial charge in [0.2, 0.25) is 11.8 Å². The molecule has 2 aliphatic heterocycles. The molecule has 0 saturated carbocycles. The first-order valence-electron chi connectivity index (χ1n) is 9.94. The summed E-state index contributed by atoms with van der Waals surface area (Å²) in [5.74, 6) is 0.472. The maximum atomic E-state index is 12.8. The molecule has 0 aromatic carbocycles. The van der Waals surface area contributed by atoms with E-state index in [1.165, 1.54) is 0 Å². The highest BCUT2D eigenvalue weighted by Gasteiger charge is 2.32. The van der Waals surface area contributed by atoms with Crippen molar-refractivity contribution in [2.24, 2.45) is 5.92 Å². The predicted molar refractivity (Wildman–Crippen MR) is 106 cm³/mol. The fourth-order valence-corrected chi connectivity index (χ4v) is 4.98. The standard InChI is InChI=1S/C18H29N5O5S/c1-18(2,3)15-19-16(21-28-15)20-17(25)23-8-4-7-22(9-10-23)14(24)13-5-11-29(26,27)12-6-13/h13H,4-12H2,1-3H3,(H,20,21,25). The van der Waals surface area contributed by atoms with Gasteiger partial charge >= 0.3 is 6.03 Å². The van der Waals surface area contributed by atoms with Gasteiger partial charge in [-0.3, -0.25) is 10.1 Å². The van der Waals surface area contributed by atoms with Crippen LogP contribution in [0.1, 0.15) is 45.9 Å². The molecule has 3 heterocycles. The Bertz CT molecular complexity index is 846. The van der Waals surface area contributed by atoms with Gasteiger partial charge in [-0.25, -0.2) is 13.2 Å². The first-order chi connectivity index (χ1) is 13.5. The van der Waals surface area contributed by atoms with Crippen molar-refractivity contribution in [2.75, 3.05) is 43.0 Å². The Hall–Kier alpha value is -2.17. The van der Waals surface area contributed by atoms with Crippen LogP contribution in [0, 0.1) is 5.92 Å². The maximum Gasteiger partial charge on any atom is 0.324 e. The number of hydrogen-bond acceptors (Lipinski definition) is 7. The van der Waals surface area contributed by atoms with Crippen molar-refractivity contribution in [2.45, 2.75) is 45.4 Å². The topological polar surface area (TPSA) is 126 Å². The Kier molecular flexibility index (Phi) is 6.16. The second-order valence-electron chi connectivity index (χ2n) is 8.70. The Morgan fingerprint density at radius 3 is 2.31 bits per heavy atom. The fraction of sp³-hybridized carbons (Fsp3) is 0.778. The molecule has 10 nitrogen and oxygen atoms in total. The zero-order valence-electron chi connectivity index (χ0n) is 17.2. The number of nitrogens with one attached hydrogen (secondary N) is 1. The Morgan fingerprint density at radius 2 is 1.69 bits per heavy atom. The van der Waals surface area contributed by atoms with Crippen LogP contribution in [-0.4, -0.2) is 78.0 Å². The average molecular weight is 428 g/mol. The summed E-state index contributed by atoms with van der Waals surface area (Å²) in [5.41, 5.74) is -0.308. The van der Waals surface area contributed by atoms with Gasteiger partial charge in [-0.1, -0.05) is 20.8 Å². The molecule has 0 radical (unpaired) electrons. The van der Waals surface area contributed by atoms with E-state index in [0.717, 1.165) is 0 Å². The van der Waals surface area contributed by atoms with Crippen molar-refractivity contribution in [3.8, 4) is 0 Å². The van der Waals surface area contributed by atoms with Crippen molar-refractivity contribution in [3.63, 3.8) is 0 Å². The lowest BCUT2D eigenvalue weighted by molar-refractivity contribution is -0.135. The molecule has 0 spiro atoms. The number of urea groups is 1. The summed E-state index contributed by atoms with van der Waals surface area (Å²) in [4.78, 5) is 32.9. The number of anilines is 1. The largest absolute Gasteiger partial charge is 0.341 e. The van der Waals surface area contributed by atoms with Crippen LogP contribution in [-0.2, 0) is 20.0 Å². The zero-order valence-corrected chi connectivity index (χ0v) is 18.0. The smallest absolute Gasteiger partial charge is 0.324 e. The van der Waals surface area contributed by atoms with Gasteiger partial charge in [0.1, 0.15) is 9.84 Å². The molecule has 11 heteroatoms. The minimum atomic E-state index is -3.00. The van der Waals surface area contributed by atoms with Crippen LogP contribution in [0.3, 0.4) is 0 Å². The number of hydrogen-bond donors (Lipinski definition) is 1. The number of carbonyl (C=O) groups excluding carboxylic acids is 2. The first-order valence-corrected chi connectivity index (χ1v) is 11.8. The van der Waals surface area contributed by atoms with E-state index in [-0.39, 0.29) is 40.7 Å². The van der Waals surface area contributed by atoms with Crippen LogP contribution in [0.4, 0.5) is 10.7 Å². The monoisotopic (exact) mass is 427 g/mol. The lowest BCUT2D eigenvalue weighted by Crippen LogP contribution is -2.42. The number of aromatic nitrogens is 2. The molecule has 2 fully saturated rings. The lowest BCUT2D eigenvalue weighted by Gasteiger charge is -2.28. The predicted octanol–water partition coefficient (Wildman–Crippen LogP) is 1.26. The maximum absolute atomic E-state index is 12.8. The minimum absolute atomic E-state index is 0.00450. The average Bonchev–Trinajstić information content (AvgIpc) is 2.97. The van der Waals surface area contributed by atoms with E-state index in [9.17, 15) is 18.0 Å². The molecule has 1 aromatic rings. The summed E-state index contributed by atoms with van der Waals surface area (Å²) in [5, 5.41) is 6.45. The van der Waals surface area contributed by atoms with Crippen LogP contribution < -0.4 is 5.32 Å². The van der Waals surface area contributed by atoms with Crippen molar-refractivity contribution in [1.29, 1.82) is 0 Å². The van der Waals surface area contributed by atoms with Crippen molar-refractivity contribution >= 4 is 27.7 Å². The van der Waals surface area contributed by atoms with Gasteiger partial charge in [-0.05, 0) is 24.4 Å². The van der Waals surface area contributed by atoms with E-state index in [1.807, 2.05) is 20.8 Å². The summed E-state index contributed by atoms with van der Waals surface area (Å²) in [7, 11) is -3.00. The van der Waals surface area contributed by atoms with Gasteiger partial charge in [0, 0.05) is 37.5 Å². The third-order valence-corrected chi connectivity index (χ3v) is 7.00. The highest BCUT2D eigenvalue weighted by molar-refractivity contribution is 7.91. The number of amides is 3. The fourth-order valence-electron chi connectivity index (χ4n) is 3.49. The molecule has 29 heavy (non-hydrogen) atoms. The molecule has 3 amide bonds. The molecule has 162 valence electrons. The van der Waals surface area contributed by atoms with E-state index in [0.29, 0.717) is 51.3 Å². The van der Waals surface area contributed by atoms with Crippen molar-refractivity contribution < 1.29 is 22.5 Å². The summed E-state index contributed by atoms with van der Waals surface area (Å²) in [6.45, 7) is 7.71. The number of sulfone groups is 1. The molecule has 2 saturated heterocycles. The van der Waals surface area contributed by atoms with E-state index >= 15 is 0 Å². The minimum Gasteiger partial charge on any atom is -0.341 e. The third kappa shape index (κ3) is 5.46. The normalized spacial score (nSPS) is 20.9. The SMILES string of the molecule is CC(C)(C)c1nc(NC(=O)N2CCCN(C(=O)C3CCS(=O)(=O)CC3)CC2)no1. The first kappa shape index (κ1) is 21.5. The van der Waals surface area contributed by atoms with E-state index in [1.54, 1.807) is 9.80 Å². The van der Waals surface area contributed by atoms with Gasteiger partial charge in [-0.15, -0.1) is 0 Å². The summed E-state index contributed by atoms with van der Waals surface area (Å²) in [6, 6.07) is -0.329. The number of carbonyl (C=O) groups is 2. The number of rotatable bonds is 2. The molecule has 0 aliphatic carbocycles. The molecule has 0 atom stereocenters. The Morgan fingerprint density at radius 1 is 1.07 bits per heavy atom. The van der Waals surface area contributed by atoms with Gasteiger partial charge in [0.25, 0.3) is 5.95 Å². The van der Waals surface area contributed by atoms with Gasteiger partial charge < -0.3 is 14.3 Å². The second-order valence-corrected chi connectivity index (χ2v) is 11.0. The van der Waals surface area contributed by atoms with Crippen LogP contribution >= 0.6 is 0 Å². The van der Waals surface area contributed by atoms with Gasteiger partial charge in [0.15, 0.2) is 0 Å². The Labute approximate surface area is 170 Å². The molecule has 0 unspecified atom stereocenters. The van der Waals surface area contributed by atoms with Crippen LogP contribution in [0.25, 0.3) is 0 Å². The molecule has 0 bridgehead atoms. The zero-order chi connectivity index (χ0) is 21.2. The van der Waals surface area contributed by atoms with Crippen LogP contribution in [0.2, 0.25) is 0 Å². The van der Waals surface area contributed by atoms with E-state index in [2.05, 4.69) is 15.5 Å². The third-order valence-electron chi connectivity index (χ3n) is 5.29. The molecular weight excluding hydrogens is 398 g/mol. The van der Waals surface area contributed by atoms with Crippen LogP contribution in [0.5, 0.6) is 0 Å². The molecule has 1 N–H and O–H groups in total. The highest BCUT2D eigenvalue weighted by Crippen LogP contribution is 2.23. The quantitative estimate of drug-likeness (QED) is 0.753.